The Kier molecular flexibility index (Phi) is 6.29. The molecule has 1 N–H and O–H groups in total. The fraction of sp³-hybridized carbons (Fsp3) is 0.300. The molecular weight excluding hydrogens is 369 g/mol. The molecule has 2 aromatic carbocycles. The van der Waals surface area contributed by atoms with Crippen LogP contribution in [0.5, 0.6) is 0 Å². The van der Waals surface area contributed by atoms with Gasteiger partial charge in [0, 0.05) is 24.5 Å². The number of oxime groups is 1. The average Bonchev–Trinajstić information content (AvgIpc) is 3.12. The SMILES string of the molecule is CCNC(=O)N(Cc1ccc(F)cc1)C[C@@H]1CC(c2ccc(Cl)cc2)=NO1. The number of benzene rings is 2. The lowest BCUT2D eigenvalue weighted by atomic mass is 10.0. The molecule has 0 aromatic heterocycles. The number of carbonyl (C=O) groups is 1. The maximum absolute atomic E-state index is 13.1. The van der Waals surface area contributed by atoms with Crippen LogP contribution in [-0.2, 0) is 11.4 Å². The molecule has 0 saturated heterocycles. The quantitative estimate of drug-likeness (QED) is 0.804. The van der Waals surface area contributed by atoms with Gasteiger partial charge in [0.1, 0.15) is 5.82 Å². The third-order valence-corrected chi connectivity index (χ3v) is 4.49. The van der Waals surface area contributed by atoms with Crippen molar-refractivity contribution in [3.8, 4) is 0 Å². The summed E-state index contributed by atoms with van der Waals surface area (Å²) in [6.45, 7) is 3.13. The Morgan fingerprint density at radius 1 is 1.26 bits per heavy atom. The molecule has 0 radical (unpaired) electrons. The van der Waals surface area contributed by atoms with Crippen molar-refractivity contribution in [3.05, 3.63) is 70.5 Å². The molecule has 2 aromatic rings. The van der Waals surface area contributed by atoms with Crippen LogP contribution in [0.4, 0.5) is 9.18 Å². The molecule has 0 unspecified atom stereocenters. The first-order valence-corrected chi connectivity index (χ1v) is 9.18. The average molecular weight is 390 g/mol. The summed E-state index contributed by atoms with van der Waals surface area (Å²) in [5, 5.41) is 7.63. The van der Waals surface area contributed by atoms with Gasteiger partial charge in [-0.3, -0.25) is 0 Å². The van der Waals surface area contributed by atoms with Gasteiger partial charge in [0.15, 0.2) is 6.10 Å². The minimum Gasteiger partial charge on any atom is -0.390 e. The highest BCUT2D eigenvalue weighted by Crippen LogP contribution is 2.20. The molecule has 0 bridgehead atoms. The smallest absolute Gasteiger partial charge is 0.317 e. The summed E-state index contributed by atoms with van der Waals surface area (Å²) in [4.78, 5) is 19.6. The van der Waals surface area contributed by atoms with Crippen LogP contribution in [0.1, 0.15) is 24.5 Å². The summed E-state index contributed by atoms with van der Waals surface area (Å²) in [6, 6.07) is 13.3. The van der Waals surface area contributed by atoms with Crippen LogP contribution in [0.2, 0.25) is 5.02 Å². The Morgan fingerprint density at radius 2 is 1.96 bits per heavy atom. The Morgan fingerprint density at radius 3 is 2.63 bits per heavy atom. The summed E-state index contributed by atoms with van der Waals surface area (Å²) in [6.07, 6.45) is 0.361. The van der Waals surface area contributed by atoms with Crippen molar-refractivity contribution in [1.82, 2.24) is 10.2 Å². The lowest BCUT2D eigenvalue weighted by molar-refractivity contribution is 0.0590. The molecular formula is C20H21ClFN3O2. The molecule has 2 amide bonds. The summed E-state index contributed by atoms with van der Waals surface area (Å²) < 4.78 is 13.1. The molecule has 0 spiro atoms. The van der Waals surface area contributed by atoms with Crippen molar-refractivity contribution in [2.75, 3.05) is 13.1 Å². The summed E-state index contributed by atoms with van der Waals surface area (Å²) in [5.74, 6) is -0.302. The van der Waals surface area contributed by atoms with Gasteiger partial charge in [0.2, 0.25) is 0 Å². The highest BCUT2D eigenvalue weighted by atomic mass is 35.5. The molecule has 0 saturated carbocycles. The second kappa shape index (κ2) is 8.86. The maximum Gasteiger partial charge on any atom is 0.317 e. The zero-order chi connectivity index (χ0) is 19.2. The van der Waals surface area contributed by atoms with Crippen LogP contribution in [-0.4, -0.2) is 35.8 Å². The van der Waals surface area contributed by atoms with E-state index in [4.69, 9.17) is 16.4 Å². The van der Waals surface area contributed by atoms with Gasteiger partial charge in [-0.2, -0.15) is 0 Å². The number of amides is 2. The van der Waals surface area contributed by atoms with E-state index < -0.39 is 0 Å². The number of nitrogens with one attached hydrogen (secondary N) is 1. The molecule has 27 heavy (non-hydrogen) atoms. The van der Waals surface area contributed by atoms with Crippen molar-refractivity contribution in [3.63, 3.8) is 0 Å². The van der Waals surface area contributed by atoms with Crippen molar-refractivity contribution in [1.29, 1.82) is 0 Å². The van der Waals surface area contributed by atoms with E-state index in [2.05, 4.69) is 10.5 Å². The third-order valence-electron chi connectivity index (χ3n) is 4.24. The number of nitrogens with zero attached hydrogens (tertiary/aromatic N) is 2. The molecule has 3 rings (SSSR count). The molecule has 1 aliphatic heterocycles. The second-order valence-electron chi connectivity index (χ2n) is 6.32. The van der Waals surface area contributed by atoms with E-state index in [-0.39, 0.29) is 18.0 Å². The van der Waals surface area contributed by atoms with Crippen LogP contribution in [0.3, 0.4) is 0 Å². The van der Waals surface area contributed by atoms with Crippen LogP contribution in [0, 0.1) is 5.82 Å². The van der Waals surface area contributed by atoms with Gasteiger partial charge in [0.25, 0.3) is 0 Å². The molecule has 5 nitrogen and oxygen atoms in total. The van der Waals surface area contributed by atoms with Crippen LogP contribution in [0.25, 0.3) is 0 Å². The van der Waals surface area contributed by atoms with Gasteiger partial charge in [-0.05, 0) is 42.3 Å². The Bertz CT molecular complexity index is 809. The zero-order valence-electron chi connectivity index (χ0n) is 15.0. The first kappa shape index (κ1) is 19.2. The first-order chi connectivity index (χ1) is 13.0. The highest BCUT2D eigenvalue weighted by molar-refractivity contribution is 6.30. The Labute approximate surface area is 162 Å². The maximum atomic E-state index is 13.1. The van der Waals surface area contributed by atoms with E-state index in [9.17, 15) is 9.18 Å². The van der Waals surface area contributed by atoms with Crippen molar-refractivity contribution >= 4 is 23.3 Å². The number of hydrogen-bond donors (Lipinski definition) is 1. The summed E-state index contributed by atoms with van der Waals surface area (Å²) in [7, 11) is 0. The van der Waals surface area contributed by atoms with E-state index in [0.29, 0.717) is 31.1 Å². The highest BCUT2D eigenvalue weighted by Gasteiger charge is 2.26. The number of halogens is 2. The van der Waals surface area contributed by atoms with E-state index in [0.717, 1.165) is 16.8 Å². The van der Waals surface area contributed by atoms with Gasteiger partial charge in [-0.15, -0.1) is 0 Å². The fourth-order valence-corrected chi connectivity index (χ4v) is 3.00. The molecule has 1 heterocycles. The normalized spacial score (nSPS) is 15.8. The van der Waals surface area contributed by atoms with Crippen molar-refractivity contribution < 1.29 is 14.0 Å². The van der Waals surface area contributed by atoms with Gasteiger partial charge in [-0.25, -0.2) is 9.18 Å². The molecule has 142 valence electrons. The summed E-state index contributed by atoms with van der Waals surface area (Å²) in [5.41, 5.74) is 2.62. The predicted molar refractivity (Wildman–Crippen MR) is 103 cm³/mol. The Balaban J connectivity index is 1.64. The van der Waals surface area contributed by atoms with E-state index >= 15 is 0 Å². The monoisotopic (exact) mass is 389 g/mol. The lowest BCUT2D eigenvalue weighted by Crippen LogP contribution is -2.43. The van der Waals surface area contributed by atoms with Crippen LogP contribution < -0.4 is 5.32 Å². The van der Waals surface area contributed by atoms with Gasteiger partial charge in [0.05, 0.1) is 12.3 Å². The summed E-state index contributed by atoms with van der Waals surface area (Å²) >= 11 is 5.92. The first-order valence-electron chi connectivity index (χ1n) is 8.81. The lowest BCUT2D eigenvalue weighted by Gasteiger charge is -2.25. The second-order valence-corrected chi connectivity index (χ2v) is 6.76. The van der Waals surface area contributed by atoms with Crippen LogP contribution >= 0.6 is 11.6 Å². The molecule has 1 aliphatic rings. The fourth-order valence-electron chi connectivity index (χ4n) is 2.88. The minimum atomic E-state index is -0.302. The topological polar surface area (TPSA) is 53.9 Å². The van der Waals surface area contributed by atoms with Gasteiger partial charge >= 0.3 is 6.03 Å². The minimum absolute atomic E-state index is 0.189. The molecule has 7 heteroatoms. The molecule has 0 fully saturated rings. The van der Waals surface area contributed by atoms with Crippen molar-refractivity contribution in [2.24, 2.45) is 5.16 Å². The van der Waals surface area contributed by atoms with Crippen LogP contribution in [0.15, 0.2) is 53.7 Å². The predicted octanol–water partition coefficient (Wildman–Crippen LogP) is 4.20. The largest absolute Gasteiger partial charge is 0.390 e. The number of hydrogen-bond acceptors (Lipinski definition) is 3. The molecule has 0 aliphatic carbocycles. The Hall–Kier alpha value is -2.60. The number of rotatable bonds is 6. The van der Waals surface area contributed by atoms with Gasteiger partial charge in [-0.1, -0.05) is 41.0 Å². The van der Waals surface area contributed by atoms with Crippen molar-refractivity contribution in [2.45, 2.75) is 26.0 Å². The van der Waals surface area contributed by atoms with E-state index in [1.807, 2.05) is 31.2 Å². The molecule has 1 atom stereocenters. The third kappa shape index (κ3) is 5.20. The zero-order valence-corrected chi connectivity index (χ0v) is 15.7. The standard InChI is InChI=1S/C20H21ClFN3O2/c1-2-23-20(26)25(12-14-3-9-17(22)10-4-14)13-18-11-19(24-27-18)15-5-7-16(21)8-6-15/h3-10,18H,2,11-13H2,1H3,(H,23,26)/t18-/m0/s1. The van der Waals surface area contributed by atoms with Gasteiger partial charge < -0.3 is 15.1 Å². The number of urea groups is 1. The van der Waals surface area contributed by atoms with E-state index in [1.165, 1.54) is 12.1 Å². The van der Waals surface area contributed by atoms with E-state index in [1.54, 1.807) is 17.0 Å². The number of carbonyl (C=O) groups excluding carboxylic acids is 1.